The molecule has 0 fully saturated rings. The van der Waals surface area contributed by atoms with Crippen LogP contribution in [0.15, 0.2) is 24.3 Å². The van der Waals surface area contributed by atoms with Crippen molar-refractivity contribution in [3.63, 3.8) is 0 Å². The molecule has 0 bridgehead atoms. The highest BCUT2D eigenvalue weighted by Crippen LogP contribution is 2.28. The molecular weight excluding hydrogens is 184 g/mol. The summed E-state index contributed by atoms with van der Waals surface area (Å²) in [5.74, 6) is 0.310. The Hall–Kier alpha value is -1.35. The number of carbonyl (C=O) groups excluding carboxylic acids is 1. The van der Waals surface area contributed by atoms with E-state index in [0.29, 0.717) is 0 Å². The van der Waals surface area contributed by atoms with E-state index in [1.54, 1.807) is 19.1 Å². The molecule has 2 nitrogen and oxygen atoms in total. The van der Waals surface area contributed by atoms with Crippen molar-refractivity contribution in [3.8, 4) is 5.75 Å². The third kappa shape index (κ3) is 1.42. The van der Waals surface area contributed by atoms with E-state index in [9.17, 15) is 9.90 Å². The van der Waals surface area contributed by atoms with Gasteiger partial charge in [-0.05, 0) is 36.6 Å². The van der Waals surface area contributed by atoms with Crippen LogP contribution < -0.4 is 0 Å². The van der Waals surface area contributed by atoms with Crippen molar-refractivity contribution in [1.82, 2.24) is 0 Å². The first-order valence-corrected chi connectivity index (χ1v) is 4.72. The van der Waals surface area contributed by atoms with Gasteiger partial charge in [-0.1, -0.05) is 0 Å². The first-order chi connectivity index (χ1) is 6.16. The zero-order valence-electron chi connectivity index (χ0n) is 7.07. The fourth-order valence-electron chi connectivity index (χ4n) is 1.19. The molecule has 0 unspecified atom stereocenters. The maximum atomic E-state index is 11.0. The summed E-state index contributed by atoms with van der Waals surface area (Å²) in [4.78, 5) is 11.8. The Labute approximate surface area is 79.4 Å². The molecule has 0 aliphatic rings. The fraction of sp³-hybridized carbons (Fsp3) is 0.100. The molecule has 1 aromatic carbocycles. The number of phenolic OH excluding ortho intramolecular Hbond substituents is 1. The zero-order valence-corrected chi connectivity index (χ0v) is 7.89. The van der Waals surface area contributed by atoms with E-state index in [4.69, 9.17) is 0 Å². The van der Waals surface area contributed by atoms with Crippen LogP contribution in [0.2, 0.25) is 0 Å². The highest BCUT2D eigenvalue weighted by molar-refractivity contribution is 7.20. The number of Topliss-reactive ketones (excluding diaryl/α,β-unsaturated/α-hetero) is 1. The predicted molar refractivity (Wildman–Crippen MR) is 53.5 cm³/mol. The standard InChI is InChI=1S/C10H8O2S/c1-6(11)9-4-7-2-3-8(12)5-10(7)13-9/h2-5,12H,1H3. The summed E-state index contributed by atoms with van der Waals surface area (Å²) in [7, 11) is 0. The van der Waals surface area contributed by atoms with Crippen LogP contribution in [0.25, 0.3) is 10.1 Å². The Morgan fingerprint density at radius 1 is 1.38 bits per heavy atom. The number of rotatable bonds is 1. The third-order valence-electron chi connectivity index (χ3n) is 1.85. The van der Waals surface area contributed by atoms with Crippen LogP contribution in [0.5, 0.6) is 5.75 Å². The molecule has 2 rings (SSSR count). The number of phenols is 1. The summed E-state index contributed by atoms with van der Waals surface area (Å²) in [5, 5.41) is 10.2. The normalized spacial score (nSPS) is 10.5. The number of thiophene rings is 1. The van der Waals surface area contributed by atoms with E-state index >= 15 is 0 Å². The Balaban J connectivity index is 2.68. The van der Waals surface area contributed by atoms with E-state index in [0.717, 1.165) is 15.0 Å². The molecule has 13 heavy (non-hydrogen) atoms. The Morgan fingerprint density at radius 3 is 2.85 bits per heavy atom. The lowest BCUT2D eigenvalue weighted by atomic mass is 10.2. The van der Waals surface area contributed by atoms with Gasteiger partial charge in [-0.3, -0.25) is 4.79 Å². The number of hydrogen-bond donors (Lipinski definition) is 1. The van der Waals surface area contributed by atoms with Crippen LogP contribution >= 0.6 is 11.3 Å². The lowest BCUT2D eigenvalue weighted by Crippen LogP contribution is -1.83. The van der Waals surface area contributed by atoms with Crippen LogP contribution in [0.3, 0.4) is 0 Å². The Bertz CT molecular complexity index is 471. The van der Waals surface area contributed by atoms with Crippen LogP contribution in [0.1, 0.15) is 16.6 Å². The molecule has 1 heterocycles. The minimum Gasteiger partial charge on any atom is -0.508 e. The van der Waals surface area contributed by atoms with Crippen molar-refractivity contribution in [2.75, 3.05) is 0 Å². The van der Waals surface area contributed by atoms with Gasteiger partial charge in [0.1, 0.15) is 5.75 Å². The predicted octanol–water partition coefficient (Wildman–Crippen LogP) is 2.81. The van der Waals surface area contributed by atoms with Gasteiger partial charge in [0, 0.05) is 4.70 Å². The highest BCUT2D eigenvalue weighted by Gasteiger charge is 2.05. The SMILES string of the molecule is CC(=O)c1cc2ccc(O)cc2s1. The first kappa shape index (κ1) is 8.26. The van der Waals surface area contributed by atoms with Gasteiger partial charge in [0.15, 0.2) is 5.78 Å². The quantitative estimate of drug-likeness (QED) is 0.705. The van der Waals surface area contributed by atoms with E-state index in [1.165, 1.54) is 11.3 Å². The lowest BCUT2D eigenvalue weighted by Gasteiger charge is -1.89. The molecular formula is C10H8O2S. The molecule has 1 aromatic heterocycles. The molecule has 0 aliphatic carbocycles. The van der Waals surface area contributed by atoms with Crippen LogP contribution in [-0.2, 0) is 0 Å². The third-order valence-corrected chi connectivity index (χ3v) is 3.05. The summed E-state index contributed by atoms with van der Waals surface area (Å²) in [6.45, 7) is 1.55. The monoisotopic (exact) mass is 192 g/mol. The maximum absolute atomic E-state index is 11.0. The molecule has 0 aliphatic heterocycles. The van der Waals surface area contributed by atoms with Gasteiger partial charge in [0.25, 0.3) is 0 Å². The van der Waals surface area contributed by atoms with Crippen molar-refractivity contribution in [2.24, 2.45) is 0 Å². The van der Waals surface area contributed by atoms with Gasteiger partial charge < -0.3 is 5.11 Å². The van der Waals surface area contributed by atoms with Crippen LogP contribution in [0.4, 0.5) is 0 Å². The number of benzene rings is 1. The second kappa shape index (κ2) is 2.85. The zero-order chi connectivity index (χ0) is 9.42. The smallest absolute Gasteiger partial charge is 0.169 e. The molecule has 3 heteroatoms. The molecule has 0 atom stereocenters. The average Bonchev–Trinajstić information content (AvgIpc) is 2.46. The van der Waals surface area contributed by atoms with Crippen LogP contribution in [0, 0.1) is 0 Å². The highest BCUT2D eigenvalue weighted by atomic mass is 32.1. The minimum absolute atomic E-state index is 0.0701. The van der Waals surface area contributed by atoms with Crippen LogP contribution in [-0.4, -0.2) is 10.9 Å². The summed E-state index contributed by atoms with van der Waals surface area (Å²) >= 11 is 1.41. The van der Waals surface area contributed by atoms with E-state index in [2.05, 4.69) is 0 Å². The summed E-state index contributed by atoms with van der Waals surface area (Å²) in [6.07, 6.45) is 0. The second-order valence-electron chi connectivity index (χ2n) is 2.89. The van der Waals surface area contributed by atoms with Crippen molar-refractivity contribution in [3.05, 3.63) is 29.1 Å². The van der Waals surface area contributed by atoms with Crippen molar-refractivity contribution < 1.29 is 9.90 Å². The van der Waals surface area contributed by atoms with Gasteiger partial charge >= 0.3 is 0 Å². The van der Waals surface area contributed by atoms with Crippen molar-refractivity contribution in [1.29, 1.82) is 0 Å². The maximum Gasteiger partial charge on any atom is 0.169 e. The van der Waals surface area contributed by atoms with E-state index in [1.807, 2.05) is 12.1 Å². The molecule has 66 valence electrons. The minimum atomic E-state index is 0.0701. The number of ketones is 1. The van der Waals surface area contributed by atoms with E-state index < -0.39 is 0 Å². The van der Waals surface area contributed by atoms with Gasteiger partial charge in [0.2, 0.25) is 0 Å². The summed E-state index contributed by atoms with van der Waals surface area (Å²) < 4.78 is 0.949. The topological polar surface area (TPSA) is 37.3 Å². The fourth-order valence-corrected chi connectivity index (χ4v) is 2.18. The molecule has 0 radical (unpaired) electrons. The molecule has 0 saturated carbocycles. The van der Waals surface area contributed by atoms with Gasteiger partial charge in [0.05, 0.1) is 4.88 Å². The second-order valence-corrected chi connectivity index (χ2v) is 3.97. The summed E-state index contributed by atoms with van der Waals surface area (Å²) in [6, 6.07) is 6.96. The number of hydrogen-bond acceptors (Lipinski definition) is 3. The largest absolute Gasteiger partial charge is 0.508 e. The van der Waals surface area contributed by atoms with Crippen molar-refractivity contribution >= 4 is 27.2 Å². The number of carbonyl (C=O) groups is 1. The van der Waals surface area contributed by atoms with Crippen molar-refractivity contribution in [2.45, 2.75) is 6.92 Å². The average molecular weight is 192 g/mol. The number of aromatic hydroxyl groups is 1. The van der Waals surface area contributed by atoms with Gasteiger partial charge in [-0.25, -0.2) is 0 Å². The molecule has 1 N–H and O–H groups in total. The molecule has 2 aromatic rings. The lowest BCUT2D eigenvalue weighted by molar-refractivity contribution is 0.102. The first-order valence-electron chi connectivity index (χ1n) is 3.90. The Morgan fingerprint density at radius 2 is 2.15 bits per heavy atom. The number of fused-ring (bicyclic) bond motifs is 1. The van der Waals surface area contributed by atoms with Gasteiger partial charge in [-0.15, -0.1) is 11.3 Å². The van der Waals surface area contributed by atoms with E-state index in [-0.39, 0.29) is 11.5 Å². The molecule has 0 amide bonds. The summed E-state index contributed by atoms with van der Waals surface area (Å²) in [5.41, 5.74) is 0. The molecule has 0 saturated heterocycles. The Kier molecular flexibility index (Phi) is 1.81. The van der Waals surface area contributed by atoms with Gasteiger partial charge in [-0.2, -0.15) is 0 Å². The molecule has 0 spiro atoms.